The van der Waals surface area contributed by atoms with Gasteiger partial charge in [0, 0.05) is 5.92 Å². The van der Waals surface area contributed by atoms with Crippen LogP contribution in [0.1, 0.15) is 34.1 Å². The Labute approximate surface area is 102 Å². The SMILES string of the molecule is CC1CC(C)C(C)C(C(N=C=O)N=C=O)C1C. The van der Waals surface area contributed by atoms with Gasteiger partial charge < -0.3 is 0 Å². The molecule has 1 saturated carbocycles. The van der Waals surface area contributed by atoms with Gasteiger partial charge in [0.2, 0.25) is 12.2 Å². The minimum atomic E-state index is -0.611. The Balaban J connectivity index is 3.03. The van der Waals surface area contributed by atoms with Gasteiger partial charge >= 0.3 is 0 Å². The van der Waals surface area contributed by atoms with Crippen molar-refractivity contribution >= 4 is 12.2 Å². The molecule has 0 N–H and O–H groups in total. The maximum atomic E-state index is 10.4. The summed E-state index contributed by atoms with van der Waals surface area (Å²) < 4.78 is 0. The molecule has 94 valence electrons. The van der Waals surface area contributed by atoms with Crippen molar-refractivity contribution in [3.8, 4) is 0 Å². The lowest BCUT2D eigenvalue weighted by molar-refractivity contribution is 0.0571. The van der Waals surface area contributed by atoms with Crippen LogP contribution in [-0.4, -0.2) is 18.3 Å². The quantitative estimate of drug-likeness (QED) is 0.558. The van der Waals surface area contributed by atoms with Crippen LogP contribution in [0.4, 0.5) is 0 Å². The van der Waals surface area contributed by atoms with Crippen molar-refractivity contribution in [2.45, 2.75) is 40.3 Å². The fourth-order valence-corrected chi connectivity index (χ4v) is 3.11. The molecule has 0 spiro atoms. The molecule has 0 saturated heterocycles. The summed E-state index contributed by atoms with van der Waals surface area (Å²) in [5.74, 6) is 2.01. The van der Waals surface area contributed by atoms with Crippen LogP contribution in [0.2, 0.25) is 0 Å². The summed E-state index contributed by atoms with van der Waals surface area (Å²) in [6.07, 6.45) is 3.60. The molecule has 4 atom stereocenters. The predicted molar refractivity (Wildman–Crippen MR) is 64.8 cm³/mol. The van der Waals surface area contributed by atoms with E-state index in [9.17, 15) is 9.59 Å². The molecular formula is C13H20N2O2. The Morgan fingerprint density at radius 1 is 0.941 bits per heavy atom. The van der Waals surface area contributed by atoms with Crippen LogP contribution in [0.5, 0.6) is 0 Å². The maximum absolute atomic E-state index is 10.4. The second-order valence-corrected chi connectivity index (χ2v) is 5.34. The van der Waals surface area contributed by atoms with E-state index in [1.807, 2.05) is 0 Å². The van der Waals surface area contributed by atoms with Crippen LogP contribution in [0.3, 0.4) is 0 Å². The first kappa shape index (κ1) is 13.8. The lowest BCUT2D eigenvalue weighted by Crippen LogP contribution is -2.41. The van der Waals surface area contributed by atoms with E-state index in [-0.39, 0.29) is 5.92 Å². The summed E-state index contributed by atoms with van der Waals surface area (Å²) in [6.45, 7) is 8.69. The van der Waals surface area contributed by atoms with Gasteiger partial charge in [-0.2, -0.15) is 9.98 Å². The number of carbonyl (C=O) groups excluding carboxylic acids is 2. The average molecular weight is 236 g/mol. The molecular weight excluding hydrogens is 216 g/mol. The molecule has 0 heterocycles. The molecule has 0 aliphatic heterocycles. The largest absolute Gasteiger partial charge is 0.237 e. The first-order valence-electron chi connectivity index (χ1n) is 6.16. The third-order valence-corrected chi connectivity index (χ3v) is 4.47. The first-order chi connectivity index (χ1) is 8.02. The second kappa shape index (κ2) is 5.90. The number of rotatable bonds is 3. The summed E-state index contributed by atoms with van der Waals surface area (Å²) in [4.78, 5) is 28.2. The second-order valence-electron chi connectivity index (χ2n) is 5.34. The van der Waals surface area contributed by atoms with E-state index in [1.54, 1.807) is 0 Å². The number of hydrogen-bond acceptors (Lipinski definition) is 4. The molecule has 4 unspecified atom stereocenters. The summed E-state index contributed by atoms with van der Waals surface area (Å²) in [7, 11) is 0. The van der Waals surface area contributed by atoms with Gasteiger partial charge in [-0.1, -0.05) is 27.7 Å². The molecule has 4 nitrogen and oxygen atoms in total. The molecule has 1 fully saturated rings. The highest BCUT2D eigenvalue weighted by Gasteiger charge is 2.41. The fraction of sp³-hybridized carbons (Fsp3) is 0.846. The third kappa shape index (κ3) is 2.91. The molecule has 1 aliphatic rings. The van der Waals surface area contributed by atoms with Crippen molar-refractivity contribution in [2.75, 3.05) is 0 Å². The van der Waals surface area contributed by atoms with Gasteiger partial charge in [0.1, 0.15) is 0 Å². The third-order valence-electron chi connectivity index (χ3n) is 4.47. The number of nitrogens with zero attached hydrogens (tertiary/aromatic N) is 2. The van der Waals surface area contributed by atoms with Crippen molar-refractivity contribution in [3.63, 3.8) is 0 Å². The molecule has 0 bridgehead atoms. The summed E-state index contributed by atoms with van der Waals surface area (Å²) >= 11 is 0. The summed E-state index contributed by atoms with van der Waals surface area (Å²) in [5.41, 5.74) is 0. The molecule has 0 aromatic carbocycles. The Hall–Kier alpha value is -1.24. The van der Waals surface area contributed by atoms with Crippen molar-refractivity contribution in [1.29, 1.82) is 0 Å². The van der Waals surface area contributed by atoms with E-state index in [0.717, 1.165) is 0 Å². The van der Waals surface area contributed by atoms with E-state index in [2.05, 4.69) is 37.7 Å². The van der Waals surface area contributed by atoms with Crippen molar-refractivity contribution in [3.05, 3.63) is 0 Å². The Morgan fingerprint density at radius 3 is 1.71 bits per heavy atom. The average Bonchev–Trinajstić information content (AvgIpc) is 2.27. The normalized spacial score (nSPS) is 38.7. The molecule has 0 aromatic rings. The zero-order valence-electron chi connectivity index (χ0n) is 10.9. The van der Waals surface area contributed by atoms with Crippen LogP contribution in [0, 0.1) is 29.6 Å². The van der Waals surface area contributed by atoms with Gasteiger partial charge in [-0.15, -0.1) is 0 Å². The highest BCUT2D eigenvalue weighted by Crippen LogP contribution is 2.44. The van der Waals surface area contributed by atoms with Crippen LogP contribution in [-0.2, 0) is 9.59 Å². The zero-order chi connectivity index (χ0) is 13.0. The first-order valence-corrected chi connectivity index (χ1v) is 6.16. The maximum Gasteiger partial charge on any atom is 0.237 e. The van der Waals surface area contributed by atoms with Crippen molar-refractivity contribution in [1.82, 2.24) is 0 Å². The van der Waals surface area contributed by atoms with Crippen molar-refractivity contribution in [2.24, 2.45) is 39.6 Å². The number of aliphatic imine (C=N–C) groups is 2. The number of hydrogen-bond donors (Lipinski definition) is 0. The van der Waals surface area contributed by atoms with Gasteiger partial charge in [-0.25, -0.2) is 9.59 Å². The minimum absolute atomic E-state index is 0.122. The highest BCUT2D eigenvalue weighted by atomic mass is 16.1. The zero-order valence-corrected chi connectivity index (χ0v) is 10.9. The topological polar surface area (TPSA) is 58.9 Å². The molecule has 1 rings (SSSR count). The monoisotopic (exact) mass is 236 g/mol. The van der Waals surface area contributed by atoms with E-state index in [1.165, 1.54) is 18.6 Å². The van der Waals surface area contributed by atoms with Crippen LogP contribution < -0.4 is 0 Å². The Bertz CT molecular complexity index is 324. The van der Waals surface area contributed by atoms with Gasteiger partial charge in [0.05, 0.1) is 0 Å². The van der Waals surface area contributed by atoms with Crippen LogP contribution >= 0.6 is 0 Å². The van der Waals surface area contributed by atoms with Crippen LogP contribution in [0.15, 0.2) is 9.98 Å². The van der Waals surface area contributed by atoms with Gasteiger partial charge in [-0.05, 0) is 30.1 Å². The molecule has 1 aliphatic carbocycles. The number of isocyanates is 2. The summed E-state index contributed by atoms with van der Waals surface area (Å²) in [6, 6.07) is 0. The Morgan fingerprint density at radius 2 is 1.35 bits per heavy atom. The molecule has 17 heavy (non-hydrogen) atoms. The Kier molecular flexibility index (Phi) is 4.80. The van der Waals surface area contributed by atoms with Gasteiger partial charge in [-0.3, -0.25) is 0 Å². The lowest BCUT2D eigenvalue weighted by atomic mass is 9.63. The minimum Gasteiger partial charge on any atom is -0.211 e. The van der Waals surface area contributed by atoms with E-state index >= 15 is 0 Å². The molecule has 0 aromatic heterocycles. The van der Waals surface area contributed by atoms with Gasteiger partial charge in [0.25, 0.3) is 0 Å². The lowest BCUT2D eigenvalue weighted by Gasteiger charge is -2.43. The predicted octanol–water partition coefficient (Wildman–Crippen LogP) is 2.55. The van der Waals surface area contributed by atoms with E-state index in [4.69, 9.17) is 0 Å². The van der Waals surface area contributed by atoms with E-state index in [0.29, 0.717) is 23.7 Å². The van der Waals surface area contributed by atoms with Crippen LogP contribution in [0.25, 0.3) is 0 Å². The van der Waals surface area contributed by atoms with Gasteiger partial charge in [0.15, 0.2) is 6.17 Å². The molecule has 0 radical (unpaired) electrons. The smallest absolute Gasteiger partial charge is 0.211 e. The fourth-order valence-electron chi connectivity index (χ4n) is 3.11. The summed E-state index contributed by atoms with van der Waals surface area (Å²) in [5, 5.41) is 0. The van der Waals surface area contributed by atoms with E-state index < -0.39 is 6.17 Å². The molecule has 4 heteroatoms. The molecule has 0 amide bonds. The standard InChI is InChI=1S/C13H20N2O2/c1-8-5-9(2)11(4)12(10(8)3)13(14-6-16)15-7-17/h8-13H,5H2,1-4H3. The highest BCUT2D eigenvalue weighted by molar-refractivity contribution is 5.37. The van der Waals surface area contributed by atoms with Crippen molar-refractivity contribution < 1.29 is 9.59 Å².